The standard InChI is InChI=1S/C22H29N3O5S/c1-15-9-10-17(13-16(15)2)20(26)25-18-7-6-8-19(14-18)31(28,29)24-12-11-23-21(27)30-22(3,4)5/h6-10,13-14,24H,11-12H2,1-5H3,(H,23,27)(H,25,26). The quantitative estimate of drug-likeness (QED) is 0.563. The number of anilines is 1. The number of aryl methyl sites for hydroxylation is 2. The van der Waals surface area contributed by atoms with Gasteiger partial charge in [0.15, 0.2) is 0 Å². The Hall–Kier alpha value is -2.91. The molecule has 31 heavy (non-hydrogen) atoms. The van der Waals surface area contributed by atoms with Crippen LogP contribution in [0, 0.1) is 13.8 Å². The zero-order valence-corrected chi connectivity index (χ0v) is 19.2. The maximum atomic E-state index is 12.5. The van der Waals surface area contributed by atoms with Crippen molar-refractivity contribution in [1.82, 2.24) is 10.0 Å². The normalized spacial score (nSPS) is 11.6. The predicted octanol–water partition coefficient (Wildman–Crippen LogP) is 3.36. The smallest absolute Gasteiger partial charge is 0.407 e. The number of ether oxygens (including phenoxy) is 1. The number of benzene rings is 2. The monoisotopic (exact) mass is 447 g/mol. The molecule has 0 aliphatic rings. The van der Waals surface area contributed by atoms with E-state index in [1.807, 2.05) is 19.9 Å². The molecule has 2 rings (SSSR count). The number of nitrogens with one attached hydrogen (secondary N) is 3. The summed E-state index contributed by atoms with van der Waals surface area (Å²) in [7, 11) is -3.82. The van der Waals surface area contributed by atoms with E-state index in [0.717, 1.165) is 11.1 Å². The van der Waals surface area contributed by atoms with Crippen molar-refractivity contribution in [1.29, 1.82) is 0 Å². The first-order valence-electron chi connectivity index (χ1n) is 9.82. The second-order valence-electron chi connectivity index (χ2n) is 8.11. The van der Waals surface area contributed by atoms with Gasteiger partial charge in [-0.05, 0) is 76.1 Å². The molecule has 0 radical (unpaired) electrons. The fraction of sp³-hybridized carbons (Fsp3) is 0.364. The predicted molar refractivity (Wildman–Crippen MR) is 120 cm³/mol. The largest absolute Gasteiger partial charge is 0.444 e. The third kappa shape index (κ3) is 7.69. The van der Waals surface area contributed by atoms with Crippen LogP contribution in [0.4, 0.5) is 10.5 Å². The summed E-state index contributed by atoms with van der Waals surface area (Å²) in [6, 6.07) is 11.3. The summed E-state index contributed by atoms with van der Waals surface area (Å²) >= 11 is 0. The molecule has 0 heterocycles. The second-order valence-corrected chi connectivity index (χ2v) is 9.87. The summed E-state index contributed by atoms with van der Waals surface area (Å²) < 4.78 is 32.6. The molecule has 8 nitrogen and oxygen atoms in total. The SMILES string of the molecule is Cc1ccc(C(=O)Nc2cccc(S(=O)(=O)NCCNC(=O)OC(C)(C)C)c2)cc1C. The average molecular weight is 448 g/mol. The van der Waals surface area contributed by atoms with E-state index in [1.165, 1.54) is 12.1 Å². The van der Waals surface area contributed by atoms with Crippen molar-refractivity contribution in [3.05, 3.63) is 59.2 Å². The number of sulfonamides is 1. The highest BCUT2D eigenvalue weighted by Gasteiger charge is 2.17. The molecule has 2 amide bonds. The van der Waals surface area contributed by atoms with Crippen LogP contribution < -0.4 is 15.4 Å². The summed E-state index contributed by atoms with van der Waals surface area (Å²) in [6.07, 6.45) is -0.622. The Kier molecular flexibility index (Phi) is 7.80. The number of hydrogen-bond donors (Lipinski definition) is 3. The summed E-state index contributed by atoms with van der Waals surface area (Å²) in [6.45, 7) is 9.14. The number of hydrogen-bond acceptors (Lipinski definition) is 5. The van der Waals surface area contributed by atoms with Crippen molar-refractivity contribution < 1.29 is 22.7 Å². The Labute approximate surface area is 183 Å². The maximum absolute atomic E-state index is 12.5. The third-order valence-electron chi connectivity index (χ3n) is 4.26. The Morgan fingerprint density at radius 3 is 2.32 bits per heavy atom. The minimum Gasteiger partial charge on any atom is -0.444 e. The summed E-state index contributed by atoms with van der Waals surface area (Å²) in [5.41, 5.74) is 2.29. The van der Waals surface area contributed by atoms with Crippen molar-refractivity contribution >= 4 is 27.7 Å². The molecule has 0 aliphatic heterocycles. The van der Waals surface area contributed by atoms with Crippen molar-refractivity contribution in [2.45, 2.75) is 45.1 Å². The highest BCUT2D eigenvalue weighted by atomic mass is 32.2. The Morgan fingerprint density at radius 1 is 0.968 bits per heavy atom. The first-order chi connectivity index (χ1) is 14.4. The van der Waals surface area contributed by atoms with Gasteiger partial charge in [0.1, 0.15) is 5.60 Å². The molecule has 0 fully saturated rings. The highest BCUT2D eigenvalue weighted by molar-refractivity contribution is 7.89. The van der Waals surface area contributed by atoms with E-state index in [1.54, 1.807) is 45.0 Å². The molecule has 0 saturated carbocycles. The molecule has 2 aromatic carbocycles. The number of alkyl carbamates (subject to hydrolysis) is 1. The lowest BCUT2D eigenvalue weighted by atomic mass is 10.1. The van der Waals surface area contributed by atoms with Gasteiger partial charge in [-0.25, -0.2) is 17.9 Å². The van der Waals surface area contributed by atoms with Crippen LogP contribution in [-0.2, 0) is 14.8 Å². The molecule has 2 aromatic rings. The van der Waals surface area contributed by atoms with Crippen LogP contribution >= 0.6 is 0 Å². The third-order valence-corrected chi connectivity index (χ3v) is 5.72. The number of rotatable bonds is 7. The molecule has 0 atom stereocenters. The molecular weight excluding hydrogens is 418 g/mol. The van der Waals surface area contributed by atoms with Gasteiger partial charge in [-0.15, -0.1) is 0 Å². The molecule has 0 unspecified atom stereocenters. The molecule has 0 aromatic heterocycles. The molecule has 0 spiro atoms. The van der Waals surface area contributed by atoms with Crippen molar-refractivity contribution in [3.8, 4) is 0 Å². The van der Waals surface area contributed by atoms with Crippen LogP contribution in [0.1, 0.15) is 42.3 Å². The fourth-order valence-electron chi connectivity index (χ4n) is 2.57. The summed E-state index contributed by atoms with van der Waals surface area (Å²) in [5, 5.41) is 5.20. The molecule has 0 saturated heterocycles. The zero-order chi connectivity index (χ0) is 23.2. The molecule has 0 bridgehead atoms. The van der Waals surface area contributed by atoms with E-state index in [4.69, 9.17) is 4.74 Å². The minimum atomic E-state index is -3.82. The summed E-state index contributed by atoms with van der Waals surface area (Å²) in [4.78, 5) is 24.1. The lowest BCUT2D eigenvalue weighted by Crippen LogP contribution is -2.37. The van der Waals surface area contributed by atoms with Crippen LogP contribution in [0.15, 0.2) is 47.4 Å². The van der Waals surface area contributed by atoms with Gasteiger partial charge in [-0.1, -0.05) is 12.1 Å². The summed E-state index contributed by atoms with van der Waals surface area (Å²) in [5.74, 6) is -0.327. The zero-order valence-electron chi connectivity index (χ0n) is 18.4. The number of amides is 2. The lowest BCUT2D eigenvalue weighted by molar-refractivity contribution is 0.0528. The van der Waals surface area contributed by atoms with Crippen molar-refractivity contribution in [2.75, 3.05) is 18.4 Å². The van der Waals surface area contributed by atoms with Gasteiger partial charge in [0.25, 0.3) is 5.91 Å². The van der Waals surface area contributed by atoms with Gasteiger partial charge in [-0.2, -0.15) is 0 Å². The van der Waals surface area contributed by atoms with Crippen LogP contribution in [0.5, 0.6) is 0 Å². The Balaban J connectivity index is 1.97. The van der Waals surface area contributed by atoms with E-state index >= 15 is 0 Å². The van der Waals surface area contributed by atoms with Crippen molar-refractivity contribution in [3.63, 3.8) is 0 Å². The highest BCUT2D eigenvalue weighted by Crippen LogP contribution is 2.17. The van der Waals surface area contributed by atoms with Gasteiger partial charge >= 0.3 is 6.09 Å². The second kappa shape index (κ2) is 9.93. The van der Waals surface area contributed by atoms with E-state index in [-0.39, 0.29) is 23.9 Å². The van der Waals surface area contributed by atoms with Crippen molar-refractivity contribution in [2.24, 2.45) is 0 Å². The van der Waals surface area contributed by atoms with Crippen LogP contribution in [0.2, 0.25) is 0 Å². The maximum Gasteiger partial charge on any atom is 0.407 e. The van der Waals surface area contributed by atoms with Gasteiger partial charge in [0, 0.05) is 24.3 Å². The molecule has 3 N–H and O–H groups in total. The van der Waals surface area contributed by atoms with E-state index in [2.05, 4.69) is 15.4 Å². The van der Waals surface area contributed by atoms with E-state index in [9.17, 15) is 18.0 Å². The van der Waals surface area contributed by atoms with Gasteiger partial charge in [0.2, 0.25) is 10.0 Å². The number of carbonyl (C=O) groups excluding carboxylic acids is 2. The van der Waals surface area contributed by atoms with Gasteiger partial charge in [0.05, 0.1) is 4.90 Å². The average Bonchev–Trinajstić information content (AvgIpc) is 2.66. The molecule has 168 valence electrons. The van der Waals surface area contributed by atoms with Crippen LogP contribution in [-0.4, -0.2) is 39.1 Å². The topological polar surface area (TPSA) is 114 Å². The Morgan fingerprint density at radius 2 is 1.68 bits per heavy atom. The minimum absolute atomic E-state index is 0.00246. The molecular formula is C22H29N3O5S. The number of carbonyl (C=O) groups is 2. The first kappa shape index (κ1) is 24.4. The fourth-order valence-corrected chi connectivity index (χ4v) is 3.65. The van der Waals surface area contributed by atoms with Gasteiger partial charge < -0.3 is 15.4 Å². The lowest BCUT2D eigenvalue weighted by Gasteiger charge is -2.19. The van der Waals surface area contributed by atoms with Crippen LogP contribution in [0.25, 0.3) is 0 Å². The molecule has 9 heteroatoms. The first-order valence-corrected chi connectivity index (χ1v) is 11.3. The molecule has 0 aliphatic carbocycles. The Bertz CT molecular complexity index is 1060. The van der Waals surface area contributed by atoms with E-state index < -0.39 is 21.7 Å². The van der Waals surface area contributed by atoms with Gasteiger partial charge in [-0.3, -0.25) is 4.79 Å². The van der Waals surface area contributed by atoms with Crippen LogP contribution in [0.3, 0.4) is 0 Å². The van der Waals surface area contributed by atoms with E-state index in [0.29, 0.717) is 11.3 Å².